The van der Waals surface area contributed by atoms with Gasteiger partial charge in [-0.1, -0.05) is 12.1 Å². The molecule has 0 spiro atoms. The van der Waals surface area contributed by atoms with Gasteiger partial charge in [0.15, 0.2) is 11.6 Å². The second kappa shape index (κ2) is 6.55. The van der Waals surface area contributed by atoms with Crippen LogP contribution in [0.3, 0.4) is 0 Å². The average molecular weight is 339 g/mol. The van der Waals surface area contributed by atoms with Crippen LogP contribution in [-0.2, 0) is 13.0 Å². The number of rotatable bonds is 5. The highest BCUT2D eigenvalue weighted by atomic mass is 19.1. The molecule has 0 unspecified atom stereocenters. The van der Waals surface area contributed by atoms with E-state index in [-0.39, 0.29) is 17.1 Å². The number of halogens is 1. The third kappa shape index (κ3) is 3.07. The van der Waals surface area contributed by atoms with Gasteiger partial charge >= 0.3 is 0 Å². The van der Waals surface area contributed by atoms with Crippen LogP contribution in [0.15, 0.2) is 47.3 Å². The van der Waals surface area contributed by atoms with Gasteiger partial charge in [-0.05, 0) is 36.8 Å². The summed E-state index contributed by atoms with van der Waals surface area (Å²) < 4.78 is 20.7. The Balaban J connectivity index is 1.45. The van der Waals surface area contributed by atoms with Gasteiger partial charge < -0.3 is 10.1 Å². The predicted octanol–water partition coefficient (Wildman–Crippen LogP) is 2.97. The second-order valence-corrected chi connectivity index (χ2v) is 6.03. The third-order valence-electron chi connectivity index (χ3n) is 4.34. The number of hydrogen-bond acceptors (Lipinski definition) is 4. The molecule has 4 rings (SSSR count). The van der Waals surface area contributed by atoms with E-state index in [1.165, 1.54) is 6.07 Å². The monoisotopic (exact) mass is 339 g/mol. The van der Waals surface area contributed by atoms with Crippen LogP contribution in [0.1, 0.15) is 12.2 Å². The standard InChI is InChI=1S/C19H18FN3O2/c20-15-4-1-2-5-17(15)25-11-9-21-13-7-8-16-14(12-13)19(24)23-10-3-6-18(23)22-16/h1-2,4-5,7-8,12,21H,3,6,9-11H2. The third-order valence-corrected chi connectivity index (χ3v) is 4.34. The molecule has 3 aromatic rings. The average Bonchev–Trinajstić information content (AvgIpc) is 3.09. The molecule has 1 aliphatic rings. The van der Waals surface area contributed by atoms with E-state index in [0.717, 1.165) is 36.4 Å². The first-order valence-corrected chi connectivity index (χ1v) is 8.37. The number of anilines is 1. The van der Waals surface area contributed by atoms with Gasteiger partial charge in [0.2, 0.25) is 0 Å². The van der Waals surface area contributed by atoms with Crippen molar-refractivity contribution in [1.29, 1.82) is 0 Å². The van der Waals surface area contributed by atoms with Crippen molar-refractivity contribution in [3.63, 3.8) is 0 Å². The Bertz CT molecular complexity index is 984. The molecule has 0 fully saturated rings. The highest BCUT2D eigenvalue weighted by Gasteiger charge is 2.16. The quantitative estimate of drug-likeness (QED) is 0.726. The van der Waals surface area contributed by atoms with Crippen molar-refractivity contribution < 1.29 is 9.13 Å². The Labute approximate surface area is 144 Å². The van der Waals surface area contributed by atoms with Crippen molar-refractivity contribution in [2.45, 2.75) is 19.4 Å². The largest absolute Gasteiger partial charge is 0.489 e. The van der Waals surface area contributed by atoms with E-state index in [9.17, 15) is 9.18 Å². The van der Waals surface area contributed by atoms with E-state index in [1.54, 1.807) is 22.8 Å². The van der Waals surface area contributed by atoms with Gasteiger partial charge in [-0.3, -0.25) is 9.36 Å². The predicted molar refractivity (Wildman–Crippen MR) is 94.7 cm³/mol. The van der Waals surface area contributed by atoms with E-state index >= 15 is 0 Å². The molecule has 2 heterocycles. The lowest BCUT2D eigenvalue weighted by molar-refractivity contribution is 0.315. The van der Waals surface area contributed by atoms with Crippen molar-refractivity contribution in [3.05, 3.63) is 64.5 Å². The summed E-state index contributed by atoms with van der Waals surface area (Å²) in [6.07, 6.45) is 1.83. The Morgan fingerprint density at radius 3 is 3.00 bits per heavy atom. The van der Waals surface area contributed by atoms with Crippen LogP contribution in [-0.4, -0.2) is 22.7 Å². The molecule has 0 saturated heterocycles. The molecule has 1 aromatic heterocycles. The van der Waals surface area contributed by atoms with Crippen LogP contribution in [0.2, 0.25) is 0 Å². The van der Waals surface area contributed by atoms with Gasteiger partial charge in [-0.2, -0.15) is 0 Å². The van der Waals surface area contributed by atoms with E-state index < -0.39 is 0 Å². The summed E-state index contributed by atoms with van der Waals surface area (Å²) in [4.78, 5) is 17.1. The van der Waals surface area contributed by atoms with Crippen molar-refractivity contribution >= 4 is 16.6 Å². The van der Waals surface area contributed by atoms with Crippen LogP contribution >= 0.6 is 0 Å². The molecule has 25 heavy (non-hydrogen) atoms. The number of hydrogen-bond donors (Lipinski definition) is 1. The summed E-state index contributed by atoms with van der Waals surface area (Å²) in [5, 5.41) is 3.81. The second-order valence-electron chi connectivity index (χ2n) is 6.03. The summed E-state index contributed by atoms with van der Waals surface area (Å²) >= 11 is 0. The number of aromatic nitrogens is 2. The summed E-state index contributed by atoms with van der Waals surface area (Å²) in [7, 11) is 0. The smallest absolute Gasteiger partial charge is 0.261 e. The maximum absolute atomic E-state index is 13.5. The first-order chi connectivity index (χ1) is 12.2. The fraction of sp³-hybridized carbons (Fsp3) is 0.263. The van der Waals surface area contributed by atoms with Crippen LogP contribution in [0.25, 0.3) is 10.9 Å². The first kappa shape index (κ1) is 15.6. The zero-order chi connectivity index (χ0) is 17.2. The number of ether oxygens (including phenoxy) is 1. The number of aryl methyl sites for hydroxylation is 1. The molecule has 0 amide bonds. The van der Waals surface area contributed by atoms with E-state index in [0.29, 0.717) is 18.5 Å². The lowest BCUT2D eigenvalue weighted by atomic mass is 10.2. The van der Waals surface area contributed by atoms with Crippen LogP contribution < -0.4 is 15.6 Å². The van der Waals surface area contributed by atoms with Crippen molar-refractivity contribution in [2.75, 3.05) is 18.5 Å². The molecule has 1 N–H and O–H groups in total. The molecular formula is C19H18FN3O2. The number of nitrogens with zero attached hydrogens (tertiary/aromatic N) is 2. The minimum Gasteiger partial charge on any atom is -0.489 e. The Kier molecular flexibility index (Phi) is 4.09. The molecule has 6 heteroatoms. The van der Waals surface area contributed by atoms with Gasteiger partial charge in [0, 0.05) is 25.2 Å². The first-order valence-electron chi connectivity index (χ1n) is 8.37. The maximum Gasteiger partial charge on any atom is 0.261 e. The highest BCUT2D eigenvalue weighted by Crippen LogP contribution is 2.19. The molecule has 5 nitrogen and oxygen atoms in total. The van der Waals surface area contributed by atoms with Crippen molar-refractivity contribution in [2.24, 2.45) is 0 Å². The van der Waals surface area contributed by atoms with Gasteiger partial charge in [0.1, 0.15) is 12.4 Å². The fourth-order valence-corrected chi connectivity index (χ4v) is 3.11. The number of fused-ring (bicyclic) bond motifs is 2. The summed E-state index contributed by atoms with van der Waals surface area (Å²) in [5.41, 5.74) is 1.57. The van der Waals surface area contributed by atoms with Gasteiger partial charge in [-0.25, -0.2) is 9.37 Å². The van der Waals surface area contributed by atoms with Crippen molar-refractivity contribution in [3.8, 4) is 5.75 Å². The zero-order valence-corrected chi connectivity index (χ0v) is 13.7. The number of para-hydroxylation sites is 1. The molecule has 0 saturated carbocycles. The van der Waals surface area contributed by atoms with E-state index in [4.69, 9.17) is 4.74 Å². The SMILES string of the molecule is O=c1c2cc(NCCOc3ccccc3F)ccc2nc2n1CCC2. The zero-order valence-electron chi connectivity index (χ0n) is 13.7. The highest BCUT2D eigenvalue weighted by molar-refractivity contribution is 5.81. The van der Waals surface area contributed by atoms with E-state index in [2.05, 4.69) is 10.3 Å². The molecule has 0 radical (unpaired) electrons. The lowest BCUT2D eigenvalue weighted by Gasteiger charge is -2.10. The summed E-state index contributed by atoms with van der Waals surface area (Å²) in [6, 6.07) is 11.9. The van der Waals surface area contributed by atoms with Crippen molar-refractivity contribution in [1.82, 2.24) is 9.55 Å². The molecule has 1 aliphatic heterocycles. The fourth-order valence-electron chi connectivity index (χ4n) is 3.11. The van der Waals surface area contributed by atoms with Crippen LogP contribution in [0.4, 0.5) is 10.1 Å². The van der Waals surface area contributed by atoms with Gasteiger partial charge in [-0.15, -0.1) is 0 Å². The lowest BCUT2D eigenvalue weighted by Crippen LogP contribution is -2.21. The Hall–Kier alpha value is -2.89. The molecule has 0 bridgehead atoms. The number of benzene rings is 2. The molecule has 128 valence electrons. The normalized spacial score (nSPS) is 13.0. The van der Waals surface area contributed by atoms with Crippen LogP contribution in [0, 0.1) is 5.82 Å². The molecule has 0 atom stereocenters. The van der Waals surface area contributed by atoms with Crippen LogP contribution in [0.5, 0.6) is 5.75 Å². The molecule has 2 aromatic carbocycles. The number of nitrogens with one attached hydrogen (secondary N) is 1. The Morgan fingerprint density at radius 2 is 2.12 bits per heavy atom. The summed E-state index contributed by atoms with van der Waals surface area (Å²) in [6.45, 7) is 1.56. The maximum atomic E-state index is 13.5. The molecular weight excluding hydrogens is 321 g/mol. The van der Waals surface area contributed by atoms with E-state index in [1.807, 2.05) is 18.2 Å². The molecule has 0 aliphatic carbocycles. The topological polar surface area (TPSA) is 56.1 Å². The van der Waals surface area contributed by atoms with Gasteiger partial charge in [0.05, 0.1) is 10.9 Å². The Morgan fingerprint density at radius 1 is 1.24 bits per heavy atom. The van der Waals surface area contributed by atoms with Gasteiger partial charge in [0.25, 0.3) is 5.56 Å². The minimum absolute atomic E-state index is 0.0174. The minimum atomic E-state index is -0.374. The summed E-state index contributed by atoms with van der Waals surface area (Å²) in [5.74, 6) is 0.735.